The van der Waals surface area contributed by atoms with Crippen molar-refractivity contribution in [1.82, 2.24) is 4.31 Å². The van der Waals surface area contributed by atoms with Crippen LogP contribution in [0.4, 0.5) is 5.69 Å². The Morgan fingerprint density at radius 2 is 1.79 bits per heavy atom. The number of hydrogen-bond donors (Lipinski definition) is 0. The monoisotopic (exact) mass is 544 g/mol. The molecule has 0 N–H and O–H groups in total. The highest BCUT2D eigenvalue weighted by atomic mass is 127. The molecule has 0 radical (unpaired) electrons. The second-order valence-corrected chi connectivity index (χ2v) is 16.8. The van der Waals surface area contributed by atoms with E-state index in [0.29, 0.717) is 18.0 Å². The van der Waals surface area contributed by atoms with E-state index >= 15 is 0 Å². The minimum absolute atomic E-state index is 0.198. The van der Waals surface area contributed by atoms with Crippen molar-refractivity contribution in [3.05, 3.63) is 57.7 Å². The van der Waals surface area contributed by atoms with Crippen LogP contribution in [-0.4, -0.2) is 39.8 Å². The largest absolute Gasteiger partial charge is 0.487 e. The van der Waals surface area contributed by atoms with E-state index < -0.39 is 24.2 Å². The van der Waals surface area contributed by atoms with Gasteiger partial charge in [-0.1, -0.05) is 50.0 Å². The lowest BCUT2D eigenvalue weighted by molar-refractivity contribution is -0.123. The van der Waals surface area contributed by atoms with Gasteiger partial charge in [0.2, 0.25) is 0 Å². The summed E-state index contributed by atoms with van der Waals surface area (Å²) in [4.78, 5) is 12.5. The molecular weight excluding hydrogens is 519 g/mol. The molecule has 29 heavy (non-hydrogen) atoms. The van der Waals surface area contributed by atoms with E-state index in [1.165, 1.54) is 0 Å². The summed E-state index contributed by atoms with van der Waals surface area (Å²) >= 11 is 2.16. The smallest absolute Gasteiger partial charge is 0.329 e. The van der Waals surface area contributed by atoms with Crippen LogP contribution in [-0.2, 0) is 21.6 Å². The zero-order valence-corrected chi connectivity index (χ0v) is 20.7. The first-order valence-corrected chi connectivity index (χ1v) is 15.6. The van der Waals surface area contributed by atoms with Gasteiger partial charge in [-0.05, 0) is 52.4 Å². The van der Waals surface area contributed by atoms with E-state index in [9.17, 15) is 13.2 Å². The van der Waals surface area contributed by atoms with Gasteiger partial charge in [0.1, 0.15) is 18.9 Å². The van der Waals surface area contributed by atoms with Crippen LogP contribution >= 0.6 is 22.6 Å². The van der Waals surface area contributed by atoms with Crippen molar-refractivity contribution in [1.29, 1.82) is 0 Å². The van der Waals surface area contributed by atoms with E-state index in [1.54, 1.807) is 12.1 Å². The van der Waals surface area contributed by atoms with E-state index in [1.807, 2.05) is 36.4 Å². The van der Waals surface area contributed by atoms with E-state index in [4.69, 9.17) is 4.74 Å². The third-order valence-corrected chi connectivity index (χ3v) is 8.83. The SMILES string of the molecule is C[Si](C)(C)CCN1C(=O)CN(c2ccc(I)cc2OCc2ccccc2)S1(=O)=O. The summed E-state index contributed by atoms with van der Waals surface area (Å²) in [5.74, 6) is 0.0555. The molecule has 1 heterocycles. The van der Waals surface area contributed by atoms with E-state index in [0.717, 1.165) is 23.8 Å². The van der Waals surface area contributed by atoms with E-state index in [2.05, 4.69) is 42.2 Å². The van der Waals surface area contributed by atoms with E-state index in [-0.39, 0.29) is 13.1 Å². The molecule has 9 heteroatoms. The van der Waals surface area contributed by atoms with Gasteiger partial charge >= 0.3 is 10.2 Å². The first-order valence-electron chi connectivity index (χ1n) is 9.37. The minimum atomic E-state index is -3.91. The molecule has 6 nitrogen and oxygen atoms in total. The first-order chi connectivity index (χ1) is 13.6. The van der Waals surface area contributed by atoms with Crippen LogP contribution < -0.4 is 9.04 Å². The standard InChI is InChI=1S/C20H25IN2O4SSi/c1-29(2,3)12-11-22-20(24)14-23(28(22,25)26)18-10-9-17(21)13-19(18)27-15-16-7-5-4-6-8-16/h4-10,13H,11-12,14-15H2,1-3H3. The van der Waals surface area contributed by atoms with Gasteiger partial charge in [-0.2, -0.15) is 8.42 Å². The molecule has 0 saturated carbocycles. The third-order valence-electron chi connectivity index (χ3n) is 4.61. The maximum Gasteiger partial charge on any atom is 0.329 e. The Labute approximate surface area is 187 Å². The topological polar surface area (TPSA) is 66.9 Å². The van der Waals surface area contributed by atoms with Gasteiger partial charge in [-0.15, -0.1) is 0 Å². The fraction of sp³-hybridized carbons (Fsp3) is 0.350. The summed E-state index contributed by atoms with van der Waals surface area (Å²) in [7, 11) is -5.40. The van der Waals surface area contributed by atoms with Gasteiger partial charge in [-0.25, -0.2) is 8.61 Å². The molecule has 0 bridgehead atoms. The number of anilines is 1. The van der Waals surface area contributed by atoms with Crippen LogP contribution in [0.25, 0.3) is 0 Å². The zero-order valence-electron chi connectivity index (χ0n) is 16.8. The molecule has 156 valence electrons. The molecule has 0 aromatic heterocycles. The number of ether oxygens (including phenoxy) is 1. The van der Waals surface area contributed by atoms with Crippen LogP contribution in [0.3, 0.4) is 0 Å². The molecule has 0 aliphatic carbocycles. The number of hydrogen-bond acceptors (Lipinski definition) is 4. The highest BCUT2D eigenvalue weighted by molar-refractivity contribution is 14.1. The molecule has 2 aromatic carbocycles. The maximum atomic E-state index is 13.1. The Morgan fingerprint density at radius 3 is 2.45 bits per heavy atom. The average Bonchev–Trinajstić information content (AvgIpc) is 2.87. The fourth-order valence-electron chi connectivity index (χ4n) is 2.96. The van der Waals surface area contributed by atoms with Crippen LogP contribution in [0, 0.1) is 3.57 Å². The van der Waals surface area contributed by atoms with Crippen molar-refractivity contribution in [3.8, 4) is 5.75 Å². The van der Waals surface area contributed by atoms with Crippen molar-refractivity contribution in [2.45, 2.75) is 32.3 Å². The van der Waals surface area contributed by atoms with Gasteiger partial charge in [0.15, 0.2) is 0 Å². The summed E-state index contributed by atoms with van der Waals surface area (Å²) < 4.78 is 35.3. The Morgan fingerprint density at radius 1 is 1.10 bits per heavy atom. The maximum absolute atomic E-state index is 13.1. The summed E-state index contributed by atoms with van der Waals surface area (Å²) in [6, 6.07) is 15.7. The molecule has 3 rings (SSSR count). The molecule has 0 unspecified atom stereocenters. The molecule has 0 spiro atoms. The first kappa shape index (κ1) is 22.1. The number of amides is 1. The van der Waals surface area contributed by atoms with Crippen LogP contribution in [0.1, 0.15) is 5.56 Å². The quantitative estimate of drug-likeness (QED) is 0.389. The Hall–Kier alpha value is -1.59. The predicted molar refractivity (Wildman–Crippen MR) is 126 cm³/mol. The lowest BCUT2D eigenvalue weighted by Gasteiger charge is -2.24. The lowest BCUT2D eigenvalue weighted by atomic mass is 10.2. The Bertz CT molecular complexity index is 993. The fourth-order valence-corrected chi connectivity index (χ4v) is 6.03. The minimum Gasteiger partial charge on any atom is -0.487 e. The lowest BCUT2D eigenvalue weighted by Crippen LogP contribution is -2.37. The zero-order chi connectivity index (χ0) is 21.2. The number of nitrogens with zero attached hydrogens (tertiary/aromatic N) is 2. The highest BCUT2D eigenvalue weighted by Gasteiger charge is 2.43. The van der Waals surface area contributed by atoms with Gasteiger partial charge in [0, 0.05) is 18.2 Å². The van der Waals surface area contributed by atoms with Crippen molar-refractivity contribution < 1.29 is 17.9 Å². The highest BCUT2D eigenvalue weighted by Crippen LogP contribution is 2.36. The Kier molecular flexibility index (Phi) is 6.59. The van der Waals surface area contributed by atoms with Crippen LogP contribution in [0.5, 0.6) is 5.75 Å². The molecule has 0 atom stereocenters. The van der Waals surface area contributed by atoms with Crippen LogP contribution in [0.15, 0.2) is 48.5 Å². The number of halogens is 1. The molecular formula is C20H25IN2O4SSi. The second kappa shape index (κ2) is 8.64. The second-order valence-electron chi connectivity index (χ2n) is 8.18. The van der Waals surface area contributed by atoms with Crippen molar-refractivity contribution in [2.24, 2.45) is 0 Å². The third kappa shape index (κ3) is 5.31. The predicted octanol–water partition coefficient (Wildman–Crippen LogP) is 4.10. The van der Waals surface area contributed by atoms with Gasteiger partial charge in [-0.3, -0.25) is 4.79 Å². The van der Waals surface area contributed by atoms with Crippen molar-refractivity contribution in [2.75, 3.05) is 17.4 Å². The molecule has 1 aliphatic heterocycles. The summed E-state index contributed by atoms with van der Waals surface area (Å²) in [6.45, 7) is 6.83. The summed E-state index contributed by atoms with van der Waals surface area (Å²) in [5, 5.41) is 0. The number of carbonyl (C=O) groups is 1. The normalized spacial score (nSPS) is 16.3. The van der Waals surface area contributed by atoms with Crippen molar-refractivity contribution >= 4 is 52.5 Å². The molecule has 1 fully saturated rings. The number of benzene rings is 2. The van der Waals surface area contributed by atoms with Gasteiger partial charge < -0.3 is 4.74 Å². The Balaban J connectivity index is 1.87. The van der Waals surface area contributed by atoms with Gasteiger partial charge in [0.05, 0.1) is 5.69 Å². The van der Waals surface area contributed by atoms with Crippen molar-refractivity contribution in [3.63, 3.8) is 0 Å². The van der Waals surface area contributed by atoms with Crippen LogP contribution in [0.2, 0.25) is 25.7 Å². The molecule has 1 amide bonds. The number of carbonyl (C=O) groups excluding carboxylic acids is 1. The molecule has 2 aromatic rings. The molecule has 1 aliphatic rings. The van der Waals surface area contributed by atoms with Gasteiger partial charge in [0.25, 0.3) is 5.91 Å². The molecule has 1 saturated heterocycles. The number of rotatable bonds is 7. The summed E-state index contributed by atoms with van der Waals surface area (Å²) in [5.41, 5.74) is 1.37. The average molecular weight is 544 g/mol. The summed E-state index contributed by atoms with van der Waals surface area (Å²) in [6.07, 6.45) is 0.